The fraction of sp³-hybridized carbons (Fsp3) is 0.769. The van der Waals surface area contributed by atoms with Crippen LogP contribution in [0.4, 0.5) is 4.79 Å². The summed E-state index contributed by atoms with van der Waals surface area (Å²) in [6.07, 6.45) is 3.30. The second-order valence-corrected chi connectivity index (χ2v) is 5.36. The normalized spacial score (nSPS) is 19.5. The molecule has 0 saturated carbocycles. The van der Waals surface area contributed by atoms with Crippen molar-refractivity contribution < 1.29 is 14.3 Å². The summed E-state index contributed by atoms with van der Waals surface area (Å²) in [5, 5.41) is 2.86. The standard InChI is InChI=1S/C13H23NO3/c1-5-11(10-6-8-16-9-7-10)14-12(15)17-13(2,3)4/h5,10-11H,1,6-9H2,2-4H3,(H,14,15). The molecule has 1 aliphatic heterocycles. The lowest BCUT2D eigenvalue weighted by molar-refractivity contribution is 0.0396. The van der Waals surface area contributed by atoms with Gasteiger partial charge in [-0.1, -0.05) is 6.08 Å². The Kier molecular flexibility index (Phi) is 5.00. The first kappa shape index (κ1) is 14.0. The summed E-state index contributed by atoms with van der Waals surface area (Å²) in [4.78, 5) is 11.7. The third-order valence-corrected chi connectivity index (χ3v) is 2.71. The maximum atomic E-state index is 11.7. The van der Waals surface area contributed by atoms with Crippen molar-refractivity contribution in [2.24, 2.45) is 5.92 Å². The van der Waals surface area contributed by atoms with Crippen molar-refractivity contribution in [3.8, 4) is 0 Å². The van der Waals surface area contributed by atoms with Crippen LogP contribution < -0.4 is 5.32 Å². The van der Waals surface area contributed by atoms with E-state index in [0.29, 0.717) is 5.92 Å². The minimum Gasteiger partial charge on any atom is -0.444 e. The third-order valence-electron chi connectivity index (χ3n) is 2.71. The smallest absolute Gasteiger partial charge is 0.408 e. The van der Waals surface area contributed by atoms with Gasteiger partial charge < -0.3 is 14.8 Å². The number of amides is 1. The van der Waals surface area contributed by atoms with Gasteiger partial charge in [-0.25, -0.2) is 4.79 Å². The van der Waals surface area contributed by atoms with Gasteiger partial charge in [0.25, 0.3) is 0 Å². The first-order valence-corrected chi connectivity index (χ1v) is 6.12. The van der Waals surface area contributed by atoms with Gasteiger partial charge in [0.15, 0.2) is 0 Å². The Morgan fingerprint density at radius 2 is 2.06 bits per heavy atom. The minimum atomic E-state index is -0.467. The van der Waals surface area contributed by atoms with Crippen LogP contribution in [0.5, 0.6) is 0 Å². The molecule has 17 heavy (non-hydrogen) atoms. The van der Waals surface area contributed by atoms with Crippen LogP contribution in [-0.4, -0.2) is 30.9 Å². The van der Waals surface area contributed by atoms with Crippen molar-refractivity contribution in [2.75, 3.05) is 13.2 Å². The van der Waals surface area contributed by atoms with E-state index >= 15 is 0 Å². The maximum absolute atomic E-state index is 11.7. The van der Waals surface area contributed by atoms with Gasteiger partial charge in [0.05, 0.1) is 6.04 Å². The monoisotopic (exact) mass is 241 g/mol. The van der Waals surface area contributed by atoms with Crippen LogP contribution in [0.1, 0.15) is 33.6 Å². The molecular weight excluding hydrogens is 218 g/mol. The zero-order chi connectivity index (χ0) is 12.9. The Bertz CT molecular complexity index is 264. The average Bonchev–Trinajstić information content (AvgIpc) is 2.24. The quantitative estimate of drug-likeness (QED) is 0.772. The summed E-state index contributed by atoms with van der Waals surface area (Å²) in [7, 11) is 0. The van der Waals surface area contributed by atoms with Crippen LogP contribution in [0.25, 0.3) is 0 Å². The molecule has 4 heteroatoms. The van der Waals surface area contributed by atoms with E-state index in [9.17, 15) is 4.79 Å². The molecule has 0 radical (unpaired) electrons. The van der Waals surface area contributed by atoms with E-state index in [1.807, 2.05) is 20.8 Å². The van der Waals surface area contributed by atoms with Gasteiger partial charge in [-0.05, 0) is 39.5 Å². The Morgan fingerprint density at radius 1 is 1.47 bits per heavy atom. The highest BCUT2D eigenvalue weighted by atomic mass is 16.6. The molecule has 0 aliphatic carbocycles. The van der Waals surface area contributed by atoms with Crippen LogP contribution in [-0.2, 0) is 9.47 Å². The van der Waals surface area contributed by atoms with Crippen LogP contribution >= 0.6 is 0 Å². The molecule has 1 amide bonds. The number of carbonyl (C=O) groups excluding carboxylic acids is 1. The molecule has 0 aromatic rings. The molecule has 1 N–H and O–H groups in total. The zero-order valence-corrected chi connectivity index (χ0v) is 11.0. The molecule has 1 rings (SSSR count). The first-order valence-electron chi connectivity index (χ1n) is 6.12. The van der Waals surface area contributed by atoms with Crippen LogP contribution in [0.2, 0.25) is 0 Å². The highest BCUT2D eigenvalue weighted by molar-refractivity contribution is 5.68. The van der Waals surface area contributed by atoms with Gasteiger partial charge in [-0.3, -0.25) is 0 Å². The molecule has 1 fully saturated rings. The van der Waals surface area contributed by atoms with Gasteiger partial charge in [0, 0.05) is 13.2 Å². The van der Waals surface area contributed by atoms with E-state index in [0.717, 1.165) is 26.1 Å². The zero-order valence-electron chi connectivity index (χ0n) is 11.0. The summed E-state index contributed by atoms with van der Waals surface area (Å²) in [5.41, 5.74) is -0.467. The number of carbonyl (C=O) groups is 1. The molecule has 98 valence electrons. The fourth-order valence-electron chi connectivity index (χ4n) is 1.89. The number of ether oxygens (including phenoxy) is 2. The van der Waals surface area contributed by atoms with Gasteiger partial charge in [0.1, 0.15) is 5.60 Å². The number of rotatable bonds is 3. The first-order chi connectivity index (χ1) is 7.92. The summed E-state index contributed by atoms with van der Waals surface area (Å²) in [5.74, 6) is 0.397. The van der Waals surface area contributed by atoms with Gasteiger partial charge in [-0.2, -0.15) is 0 Å². The predicted octanol–water partition coefficient (Wildman–Crippen LogP) is 2.49. The van der Waals surface area contributed by atoms with Crippen molar-refractivity contribution in [1.82, 2.24) is 5.32 Å². The lowest BCUT2D eigenvalue weighted by Crippen LogP contribution is -2.43. The van der Waals surface area contributed by atoms with Crippen molar-refractivity contribution >= 4 is 6.09 Å². The van der Waals surface area contributed by atoms with E-state index in [1.54, 1.807) is 6.08 Å². The Balaban J connectivity index is 2.45. The minimum absolute atomic E-state index is 0.0336. The Morgan fingerprint density at radius 3 is 2.53 bits per heavy atom. The van der Waals surface area contributed by atoms with Crippen LogP contribution in [0.15, 0.2) is 12.7 Å². The fourth-order valence-corrected chi connectivity index (χ4v) is 1.89. The Hall–Kier alpha value is -1.03. The molecule has 4 nitrogen and oxygen atoms in total. The summed E-state index contributed by atoms with van der Waals surface area (Å²) in [6.45, 7) is 10.8. The molecule has 0 bridgehead atoms. The van der Waals surface area contributed by atoms with E-state index in [4.69, 9.17) is 9.47 Å². The van der Waals surface area contributed by atoms with Crippen LogP contribution in [0.3, 0.4) is 0 Å². The van der Waals surface area contributed by atoms with Gasteiger partial charge >= 0.3 is 6.09 Å². The topological polar surface area (TPSA) is 47.6 Å². The molecule has 0 spiro atoms. The molecule has 1 aliphatic rings. The predicted molar refractivity (Wildman–Crippen MR) is 66.9 cm³/mol. The molecule has 1 heterocycles. The average molecular weight is 241 g/mol. The lowest BCUT2D eigenvalue weighted by Gasteiger charge is -2.29. The summed E-state index contributed by atoms with van der Waals surface area (Å²) >= 11 is 0. The molecular formula is C13H23NO3. The number of nitrogens with one attached hydrogen (secondary N) is 1. The largest absolute Gasteiger partial charge is 0.444 e. The van der Waals surface area contributed by atoms with E-state index < -0.39 is 5.60 Å². The SMILES string of the molecule is C=CC(NC(=O)OC(C)(C)C)C1CCOCC1. The van der Waals surface area contributed by atoms with Gasteiger partial charge in [0.2, 0.25) is 0 Å². The molecule has 1 atom stereocenters. The van der Waals surface area contributed by atoms with E-state index in [-0.39, 0.29) is 12.1 Å². The number of alkyl carbamates (subject to hydrolysis) is 1. The second kappa shape index (κ2) is 6.05. The molecule has 1 saturated heterocycles. The van der Waals surface area contributed by atoms with E-state index in [2.05, 4.69) is 11.9 Å². The highest BCUT2D eigenvalue weighted by Crippen LogP contribution is 2.20. The number of hydrogen-bond acceptors (Lipinski definition) is 3. The third kappa shape index (κ3) is 5.22. The van der Waals surface area contributed by atoms with Crippen molar-refractivity contribution in [2.45, 2.75) is 45.3 Å². The van der Waals surface area contributed by atoms with Crippen molar-refractivity contribution in [3.05, 3.63) is 12.7 Å². The van der Waals surface area contributed by atoms with Crippen molar-refractivity contribution in [1.29, 1.82) is 0 Å². The Labute approximate surface area is 103 Å². The van der Waals surface area contributed by atoms with Crippen LogP contribution in [0, 0.1) is 5.92 Å². The maximum Gasteiger partial charge on any atom is 0.408 e. The summed E-state index contributed by atoms with van der Waals surface area (Å²) < 4.78 is 10.5. The lowest BCUT2D eigenvalue weighted by atomic mass is 9.92. The second-order valence-electron chi connectivity index (χ2n) is 5.36. The summed E-state index contributed by atoms with van der Waals surface area (Å²) in [6, 6.07) is -0.0336. The van der Waals surface area contributed by atoms with E-state index in [1.165, 1.54) is 0 Å². The molecule has 1 unspecified atom stereocenters. The highest BCUT2D eigenvalue weighted by Gasteiger charge is 2.25. The molecule has 0 aromatic carbocycles. The van der Waals surface area contributed by atoms with Gasteiger partial charge in [-0.15, -0.1) is 6.58 Å². The molecule has 0 aromatic heterocycles. The number of hydrogen-bond donors (Lipinski definition) is 1. The van der Waals surface area contributed by atoms with Crippen molar-refractivity contribution in [3.63, 3.8) is 0 Å².